The van der Waals surface area contributed by atoms with Gasteiger partial charge in [0, 0.05) is 13.6 Å². The van der Waals surface area contributed by atoms with E-state index in [9.17, 15) is 14.4 Å². The maximum absolute atomic E-state index is 12.1. The number of nitrogens with one attached hydrogen (secondary N) is 2. The zero-order chi connectivity index (χ0) is 15.3. The second kappa shape index (κ2) is 6.54. The van der Waals surface area contributed by atoms with Gasteiger partial charge in [-0.2, -0.15) is 0 Å². The Labute approximate surface area is 118 Å². The summed E-state index contributed by atoms with van der Waals surface area (Å²) in [6, 6.07) is 0. The van der Waals surface area contributed by atoms with Gasteiger partial charge in [0.1, 0.15) is 0 Å². The molecule has 0 aromatic carbocycles. The molecule has 2 amide bonds. The van der Waals surface area contributed by atoms with Crippen molar-refractivity contribution < 1.29 is 19.5 Å². The fourth-order valence-electron chi connectivity index (χ4n) is 2.23. The summed E-state index contributed by atoms with van der Waals surface area (Å²) < 4.78 is 0. The van der Waals surface area contributed by atoms with Gasteiger partial charge in [-0.05, 0) is 26.7 Å². The molecule has 3 N–H and O–H groups in total. The Morgan fingerprint density at radius 3 is 2.25 bits per heavy atom. The van der Waals surface area contributed by atoms with Crippen LogP contribution in [0.15, 0.2) is 12.2 Å². The van der Waals surface area contributed by atoms with E-state index in [-0.39, 0.29) is 18.4 Å². The Balaban J connectivity index is 2.64. The zero-order valence-electron chi connectivity index (χ0n) is 12.1. The van der Waals surface area contributed by atoms with Crippen LogP contribution in [0, 0.1) is 17.3 Å². The van der Waals surface area contributed by atoms with Gasteiger partial charge in [0.2, 0.25) is 11.8 Å². The summed E-state index contributed by atoms with van der Waals surface area (Å²) in [5.74, 6) is -2.70. The van der Waals surface area contributed by atoms with Crippen molar-refractivity contribution in [1.82, 2.24) is 10.6 Å². The Bertz CT molecular complexity index is 429. The largest absolute Gasteiger partial charge is 0.481 e. The van der Waals surface area contributed by atoms with E-state index in [4.69, 9.17) is 5.11 Å². The molecule has 0 saturated heterocycles. The van der Waals surface area contributed by atoms with Gasteiger partial charge in [0.15, 0.2) is 0 Å². The molecule has 1 aliphatic rings. The van der Waals surface area contributed by atoms with Crippen LogP contribution in [0.1, 0.15) is 26.7 Å². The molecule has 0 spiro atoms. The van der Waals surface area contributed by atoms with Crippen LogP contribution in [0.3, 0.4) is 0 Å². The summed E-state index contributed by atoms with van der Waals surface area (Å²) in [5, 5.41) is 14.4. The van der Waals surface area contributed by atoms with Crippen LogP contribution in [-0.2, 0) is 14.4 Å². The number of carboxylic acids is 1. The number of carbonyl (C=O) groups is 3. The molecular formula is C14H22N2O4. The minimum absolute atomic E-state index is 0.170. The summed E-state index contributed by atoms with van der Waals surface area (Å²) in [4.78, 5) is 34.9. The van der Waals surface area contributed by atoms with E-state index in [1.807, 2.05) is 6.08 Å². The lowest BCUT2D eigenvalue weighted by Crippen LogP contribution is -2.46. The van der Waals surface area contributed by atoms with Crippen molar-refractivity contribution in [1.29, 1.82) is 0 Å². The van der Waals surface area contributed by atoms with E-state index < -0.39 is 23.2 Å². The van der Waals surface area contributed by atoms with Crippen molar-refractivity contribution in [2.24, 2.45) is 17.3 Å². The average molecular weight is 282 g/mol. The monoisotopic (exact) mass is 282 g/mol. The normalized spacial score (nSPS) is 22.1. The third-order valence-corrected chi connectivity index (χ3v) is 3.63. The molecule has 0 saturated carbocycles. The summed E-state index contributed by atoms with van der Waals surface area (Å²) in [6.45, 7) is 3.63. The highest BCUT2D eigenvalue weighted by Crippen LogP contribution is 2.26. The standard InChI is InChI=1S/C14H22N2O4/c1-14(2,13(20)15-3)8-16-11(17)9-6-4-5-7-10(9)12(18)19/h4-5,9-10H,6-8H2,1-3H3,(H,15,20)(H,16,17)(H,18,19). The summed E-state index contributed by atoms with van der Waals surface area (Å²) in [7, 11) is 1.54. The molecule has 112 valence electrons. The van der Waals surface area contributed by atoms with E-state index in [1.165, 1.54) is 7.05 Å². The molecule has 2 atom stereocenters. The number of hydrogen-bond acceptors (Lipinski definition) is 3. The van der Waals surface area contributed by atoms with Crippen LogP contribution in [-0.4, -0.2) is 36.5 Å². The van der Waals surface area contributed by atoms with E-state index >= 15 is 0 Å². The lowest BCUT2D eigenvalue weighted by Gasteiger charge is -2.27. The minimum Gasteiger partial charge on any atom is -0.481 e. The van der Waals surface area contributed by atoms with Gasteiger partial charge in [-0.15, -0.1) is 0 Å². The Kier molecular flexibility index (Phi) is 5.30. The molecule has 0 aromatic rings. The first-order valence-corrected chi connectivity index (χ1v) is 6.67. The predicted molar refractivity (Wildman–Crippen MR) is 73.8 cm³/mol. The topological polar surface area (TPSA) is 95.5 Å². The quantitative estimate of drug-likeness (QED) is 0.641. The molecule has 6 heteroatoms. The first kappa shape index (κ1) is 16.2. The molecule has 1 rings (SSSR count). The SMILES string of the molecule is CNC(=O)C(C)(C)CNC(=O)C1CC=CCC1C(=O)O. The van der Waals surface area contributed by atoms with Crippen LogP contribution in [0.2, 0.25) is 0 Å². The highest BCUT2D eigenvalue weighted by molar-refractivity contribution is 5.86. The van der Waals surface area contributed by atoms with Gasteiger partial charge in [-0.3, -0.25) is 14.4 Å². The zero-order valence-corrected chi connectivity index (χ0v) is 12.1. The fourth-order valence-corrected chi connectivity index (χ4v) is 2.23. The van der Waals surface area contributed by atoms with Crippen molar-refractivity contribution >= 4 is 17.8 Å². The lowest BCUT2D eigenvalue weighted by molar-refractivity contribution is -0.147. The Morgan fingerprint density at radius 1 is 1.20 bits per heavy atom. The summed E-state index contributed by atoms with van der Waals surface area (Å²) in [6.07, 6.45) is 4.40. The van der Waals surface area contributed by atoms with Gasteiger partial charge in [-0.1, -0.05) is 12.2 Å². The molecule has 0 fully saturated rings. The number of carbonyl (C=O) groups excluding carboxylic acids is 2. The third-order valence-electron chi connectivity index (χ3n) is 3.63. The highest BCUT2D eigenvalue weighted by Gasteiger charge is 2.35. The van der Waals surface area contributed by atoms with Crippen LogP contribution < -0.4 is 10.6 Å². The second-order valence-corrected chi connectivity index (χ2v) is 5.67. The number of allylic oxidation sites excluding steroid dienone is 2. The Hall–Kier alpha value is -1.85. The van der Waals surface area contributed by atoms with Crippen LogP contribution in [0.25, 0.3) is 0 Å². The highest BCUT2D eigenvalue weighted by atomic mass is 16.4. The predicted octanol–water partition coefficient (Wildman–Crippen LogP) is 0.542. The third kappa shape index (κ3) is 3.82. The van der Waals surface area contributed by atoms with Crippen molar-refractivity contribution in [2.45, 2.75) is 26.7 Å². The van der Waals surface area contributed by atoms with Crippen molar-refractivity contribution in [3.05, 3.63) is 12.2 Å². The van der Waals surface area contributed by atoms with Crippen molar-refractivity contribution in [3.8, 4) is 0 Å². The van der Waals surface area contributed by atoms with Crippen LogP contribution in [0.4, 0.5) is 0 Å². The van der Waals surface area contributed by atoms with Crippen LogP contribution in [0.5, 0.6) is 0 Å². The van der Waals surface area contributed by atoms with Crippen LogP contribution >= 0.6 is 0 Å². The van der Waals surface area contributed by atoms with E-state index in [1.54, 1.807) is 19.9 Å². The first-order valence-electron chi connectivity index (χ1n) is 6.67. The maximum atomic E-state index is 12.1. The number of aliphatic carboxylic acids is 1. The van der Waals surface area contributed by atoms with E-state index in [2.05, 4.69) is 10.6 Å². The van der Waals surface area contributed by atoms with Gasteiger partial charge < -0.3 is 15.7 Å². The summed E-state index contributed by atoms with van der Waals surface area (Å²) >= 11 is 0. The molecular weight excluding hydrogens is 260 g/mol. The molecule has 6 nitrogen and oxygen atoms in total. The lowest BCUT2D eigenvalue weighted by atomic mass is 9.82. The summed E-state index contributed by atoms with van der Waals surface area (Å²) in [5.41, 5.74) is -0.729. The van der Waals surface area contributed by atoms with Gasteiger partial charge in [0.05, 0.1) is 17.3 Å². The fraction of sp³-hybridized carbons (Fsp3) is 0.643. The second-order valence-electron chi connectivity index (χ2n) is 5.67. The molecule has 0 aromatic heterocycles. The smallest absolute Gasteiger partial charge is 0.307 e. The van der Waals surface area contributed by atoms with Gasteiger partial charge in [-0.25, -0.2) is 0 Å². The number of hydrogen-bond donors (Lipinski definition) is 3. The van der Waals surface area contributed by atoms with E-state index in [0.29, 0.717) is 12.8 Å². The molecule has 20 heavy (non-hydrogen) atoms. The number of carboxylic acid groups (broad SMARTS) is 1. The van der Waals surface area contributed by atoms with Gasteiger partial charge >= 0.3 is 5.97 Å². The van der Waals surface area contributed by atoms with Crippen molar-refractivity contribution in [3.63, 3.8) is 0 Å². The van der Waals surface area contributed by atoms with Crippen molar-refractivity contribution in [2.75, 3.05) is 13.6 Å². The maximum Gasteiger partial charge on any atom is 0.307 e. The number of amides is 2. The Morgan fingerprint density at radius 2 is 1.75 bits per heavy atom. The molecule has 1 aliphatic carbocycles. The molecule has 0 bridgehead atoms. The number of rotatable bonds is 5. The van der Waals surface area contributed by atoms with E-state index in [0.717, 1.165) is 0 Å². The molecule has 0 aliphatic heterocycles. The molecule has 0 radical (unpaired) electrons. The molecule has 2 unspecified atom stereocenters. The average Bonchev–Trinajstić information content (AvgIpc) is 2.43. The minimum atomic E-state index is -0.958. The first-order chi connectivity index (χ1) is 9.29. The van der Waals surface area contributed by atoms with Gasteiger partial charge in [0.25, 0.3) is 0 Å². The molecule has 0 heterocycles.